The number of amides is 4. The summed E-state index contributed by atoms with van der Waals surface area (Å²) in [6, 6.07) is 11.7. The highest BCUT2D eigenvalue weighted by Crippen LogP contribution is 2.11. The molecule has 0 radical (unpaired) electrons. The molecule has 8 N–H and O–H groups in total. The van der Waals surface area contributed by atoms with E-state index in [4.69, 9.17) is 5.73 Å². The number of phenolic OH excluding ortho intramolecular Hbond substituents is 1. The Labute approximate surface area is 224 Å². The molecule has 0 aliphatic rings. The zero-order chi connectivity index (χ0) is 28.1. The second-order valence-electron chi connectivity index (χ2n) is 8.36. The molecule has 0 saturated heterocycles. The van der Waals surface area contributed by atoms with Gasteiger partial charge in [-0.05, 0) is 29.7 Å². The molecule has 13 heteroatoms. The molecular formula is C25H31N5O7S. The summed E-state index contributed by atoms with van der Waals surface area (Å²) in [6.45, 7) is -1.58. The first kappa shape index (κ1) is 30.3. The van der Waals surface area contributed by atoms with Gasteiger partial charge in [-0.1, -0.05) is 42.5 Å². The molecule has 0 bridgehead atoms. The summed E-state index contributed by atoms with van der Waals surface area (Å²) < 4.78 is 0. The number of rotatable bonds is 14. The van der Waals surface area contributed by atoms with Crippen LogP contribution < -0.4 is 27.0 Å². The van der Waals surface area contributed by atoms with Crippen LogP contribution in [0.5, 0.6) is 5.75 Å². The molecule has 0 unspecified atom stereocenters. The van der Waals surface area contributed by atoms with Gasteiger partial charge in [-0.3, -0.25) is 24.0 Å². The van der Waals surface area contributed by atoms with Crippen LogP contribution in [-0.2, 0) is 36.8 Å². The Balaban J connectivity index is 1.85. The summed E-state index contributed by atoms with van der Waals surface area (Å²) in [5, 5.41) is 27.4. The molecule has 2 rings (SSSR count). The minimum Gasteiger partial charge on any atom is -0.508 e. The Morgan fingerprint density at radius 1 is 0.763 bits per heavy atom. The van der Waals surface area contributed by atoms with E-state index in [0.29, 0.717) is 0 Å². The quantitative estimate of drug-likeness (QED) is 0.127. The van der Waals surface area contributed by atoms with Crippen LogP contribution >= 0.6 is 12.6 Å². The van der Waals surface area contributed by atoms with E-state index in [2.05, 4.69) is 33.9 Å². The molecule has 4 amide bonds. The Kier molecular flexibility index (Phi) is 12.2. The predicted molar refractivity (Wildman–Crippen MR) is 141 cm³/mol. The van der Waals surface area contributed by atoms with Gasteiger partial charge >= 0.3 is 0 Å². The zero-order valence-corrected chi connectivity index (χ0v) is 21.3. The molecule has 0 saturated carbocycles. The fraction of sp³-hybridized carbons (Fsp3) is 0.320. The van der Waals surface area contributed by atoms with Crippen molar-refractivity contribution < 1.29 is 34.2 Å². The van der Waals surface area contributed by atoms with Gasteiger partial charge in [-0.2, -0.15) is 0 Å². The van der Waals surface area contributed by atoms with Gasteiger partial charge in [0.1, 0.15) is 17.8 Å². The number of hydrogen-bond acceptors (Lipinski definition) is 8. The van der Waals surface area contributed by atoms with Crippen molar-refractivity contribution in [3.05, 3.63) is 65.7 Å². The topological polar surface area (TPSA) is 200 Å². The fourth-order valence-electron chi connectivity index (χ4n) is 3.28. The molecule has 0 aliphatic carbocycles. The molecule has 0 heterocycles. The normalized spacial score (nSPS) is 12.9. The average Bonchev–Trinajstić information content (AvgIpc) is 2.90. The van der Waals surface area contributed by atoms with Gasteiger partial charge in [-0.15, -0.1) is 12.6 Å². The maximum absolute atomic E-state index is 12.7. The van der Waals surface area contributed by atoms with Gasteiger partial charge in [0.05, 0.1) is 25.7 Å². The van der Waals surface area contributed by atoms with Crippen molar-refractivity contribution in [2.75, 3.05) is 19.7 Å². The lowest BCUT2D eigenvalue weighted by atomic mass is 10.0. The second kappa shape index (κ2) is 15.3. The number of aromatic hydroxyl groups is 1. The van der Waals surface area contributed by atoms with E-state index in [9.17, 15) is 34.2 Å². The highest BCUT2D eigenvalue weighted by atomic mass is 32.1. The van der Waals surface area contributed by atoms with Gasteiger partial charge in [0.15, 0.2) is 0 Å². The monoisotopic (exact) mass is 545 g/mol. The van der Waals surface area contributed by atoms with Gasteiger partial charge in [0.25, 0.3) is 0 Å². The largest absolute Gasteiger partial charge is 0.508 e. The summed E-state index contributed by atoms with van der Waals surface area (Å²) >= 11 is 3.62. The van der Waals surface area contributed by atoms with Crippen molar-refractivity contribution >= 4 is 41.4 Å². The van der Waals surface area contributed by atoms with Crippen molar-refractivity contribution in [2.24, 2.45) is 5.73 Å². The van der Waals surface area contributed by atoms with Crippen LogP contribution in [0.1, 0.15) is 11.1 Å². The molecule has 204 valence electrons. The Bertz CT molecular complexity index is 1110. The van der Waals surface area contributed by atoms with Crippen molar-refractivity contribution in [1.82, 2.24) is 21.3 Å². The fourth-order valence-corrected chi connectivity index (χ4v) is 3.43. The highest BCUT2D eigenvalue weighted by Gasteiger charge is 2.25. The number of carbonyl (C=O) groups is 5. The first-order chi connectivity index (χ1) is 18.1. The van der Waals surface area contributed by atoms with Gasteiger partial charge in [0.2, 0.25) is 28.7 Å². The Morgan fingerprint density at radius 2 is 1.37 bits per heavy atom. The van der Waals surface area contributed by atoms with E-state index in [1.165, 1.54) is 12.1 Å². The summed E-state index contributed by atoms with van der Waals surface area (Å²) in [5.74, 6) is -2.56. The van der Waals surface area contributed by atoms with Crippen LogP contribution in [0.4, 0.5) is 0 Å². The highest BCUT2D eigenvalue weighted by molar-refractivity contribution is 7.96. The Hall–Kier alpha value is -3.94. The standard InChI is InChI=1S/C25H31N5O7S/c26-18(10-16-6-8-17(32)9-7-16)23(35)28-12-21(33)27-13-22(34)29-19(11-15-4-2-1-3-5-15)24(36)30-20(14-31)25(37)38/h1-9,18-20,31-32H,10-14,26H2,(H,27,33)(H,28,35)(H,29,34)(H,30,36)(H,37,38)/t18-,19-,20-/m0/s1. The molecule has 0 spiro atoms. The van der Waals surface area contributed by atoms with E-state index in [1.54, 1.807) is 42.5 Å². The smallest absolute Gasteiger partial charge is 0.243 e. The summed E-state index contributed by atoms with van der Waals surface area (Å²) in [4.78, 5) is 60.9. The minimum absolute atomic E-state index is 0.0836. The second-order valence-corrected chi connectivity index (χ2v) is 8.80. The summed E-state index contributed by atoms with van der Waals surface area (Å²) in [7, 11) is 0. The third kappa shape index (κ3) is 10.6. The van der Waals surface area contributed by atoms with Crippen LogP contribution in [0, 0.1) is 0 Å². The van der Waals surface area contributed by atoms with E-state index >= 15 is 0 Å². The van der Waals surface area contributed by atoms with E-state index in [1.807, 2.05) is 0 Å². The third-order valence-corrected chi connectivity index (χ3v) is 5.64. The van der Waals surface area contributed by atoms with Crippen LogP contribution in [0.3, 0.4) is 0 Å². The van der Waals surface area contributed by atoms with Crippen LogP contribution in [0.2, 0.25) is 0 Å². The summed E-state index contributed by atoms with van der Waals surface area (Å²) in [5.41, 5.74) is 7.31. The van der Waals surface area contributed by atoms with E-state index in [-0.39, 0.29) is 18.6 Å². The number of phenols is 1. The van der Waals surface area contributed by atoms with Crippen molar-refractivity contribution in [3.63, 3.8) is 0 Å². The van der Waals surface area contributed by atoms with Crippen molar-refractivity contribution in [2.45, 2.75) is 31.0 Å². The molecule has 2 aromatic rings. The number of nitrogens with one attached hydrogen (secondary N) is 4. The number of aliphatic hydroxyl groups is 1. The number of hydrogen-bond donors (Lipinski definition) is 8. The molecule has 0 aromatic heterocycles. The van der Waals surface area contributed by atoms with Crippen LogP contribution in [-0.4, -0.2) is 76.8 Å². The lowest BCUT2D eigenvalue weighted by Gasteiger charge is -2.21. The molecule has 0 aliphatic heterocycles. The van der Waals surface area contributed by atoms with E-state index in [0.717, 1.165) is 11.1 Å². The lowest BCUT2D eigenvalue weighted by Crippen LogP contribution is -2.54. The molecule has 3 atom stereocenters. The van der Waals surface area contributed by atoms with E-state index < -0.39 is 66.6 Å². The number of carbonyl (C=O) groups excluding carboxylic acids is 5. The Morgan fingerprint density at radius 3 is 1.97 bits per heavy atom. The van der Waals surface area contributed by atoms with Gasteiger partial charge < -0.3 is 37.2 Å². The van der Waals surface area contributed by atoms with Crippen molar-refractivity contribution in [1.29, 1.82) is 0 Å². The molecule has 2 aromatic carbocycles. The maximum atomic E-state index is 12.7. The number of nitrogens with two attached hydrogens (primary N) is 1. The van der Waals surface area contributed by atoms with Gasteiger partial charge in [0, 0.05) is 6.42 Å². The summed E-state index contributed by atoms with van der Waals surface area (Å²) in [6.07, 6.45) is 0.275. The average molecular weight is 546 g/mol. The SMILES string of the molecule is N[C@@H](Cc1ccc(O)cc1)C(=O)NCC(=O)NCC(=O)N[C@@H](Cc1ccccc1)C(=O)N[C@@H](CO)C(=O)S. The lowest BCUT2D eigenvalue weighted by molar-refractivity contribution is -0.131. The zero-order valence-electron chi connectivity index (χ0n) is 20.4. The molecule has 12 nitrogen and oxygen atoms in total. The molecule has 38 heavy (non-hydrogen) atoms. The predicted octanol–water partition coefficient (Wildman–Crippen LogP) is -1.84. The first-order valence-corrected chi connectivity index (χ1v) is 12.1. The van der Waals surface area contributed by atoms with Gasteiger partial charge in [-0.25, -0.2) is 0 Å². The van der Waals surface area contributed by atoms with Crippen LogP contribution in [0.15, 0.2) is 54.6 Å². The number of benzene rings is 2. The molecule has 0 fully saturated rings. The first-order valence-electron chi connectivity index (χ1n) is 11.6. The maximum Gasteiger partial charge on any atom is 0.243 e. The van der Waals surface area contributed by atoms with Crippen LogP contribution in [0.25, 0.3) is 0 Å². The minimum atomic E-state index is -1.25. The number of thiol groups is 1. The third-order valence-electron chi connectivity index (χ3n) is 5.33. The molecular weight excluding hydrogens is 514 g/mol. The van der Waals surface area contributed by atoms with Crippen molar-refractivity contribution in [3.8, 4) is 5.75 Å². The number of aliphatic hydroxyl groups excluding tert-OH is 1.